The topological polar surface area (TPSA) is 190 Å². The van der Waals surface area contributed by atoms with Gasteiger partial charge < -0.3 is 8.37 Å². The maximum absolute atomic E-state index is 12.7. The maximum Gasteiger partial charge on any atom is 0.346 e. The van der Waals surface area contributed by atoms with Crippen LogP contribution in [0.25, 0.3) is 0 Å². The SMILES string of the molecule is O=Cc1ccc(OS(=O)(=O)c2ccccc2[N+](=O)[O-])c(OS(=O)(=O)c2ccccc2[N+](=O)[O-])c1. The lowest BCUT2D eigenvalue weighted by Crippen LogP contribution is -2.15. The standard InChI is InChI=1S/C19H12N2O11S2/c22-12-13-9-10-16(31-33(27,28)18-7-3-1-5-14(18)20(23)24)17(11-13)32-34(29,30)19-8-4-2-6-15(19)21(25)26/h1-12H. The average molecular weight is 508 g/mol. The van der Waals surface area contributed by atoms with Crippen LogP contribution >= 0.6 is 0 Å². The summed E-state index contributed by atoms with van der Waals surface area (Å²) in [5.74, 6) is -1.55. The van der Waals surface area contributed by atoms with Crippen LogP contribution in [0, 0.1) is 20.2 Å². The Morgan fingerprint density at radius 2 is 1.12 bits per heavy atom. The monoisotopic (exact) mass is 508 g/mol. The van der Waals surface area contributed by atoms with Gasteiger partial charge in [-0.3, -0.25) is 25.0 Å². The minimum absolute atomic E-state index is 0.150. The first-order valence-corrected chi connectivity index (χ1v) is 11.7. The van der Waals surface area contributed by atoms with Crippen molar-refractivity contribution in [1.82, 2.24) is 0 Å². The molecule has 0 heterocycles. The summed E-state index contributed by atoms with van der Waals surface area (Å²) in [4.78, 5) is 29.9. The third kappa shape index (κ3) is 5.00. The minimum atomic E-state index is -4.92. The van der Waals surface area contributed by atoms with E-state index in [4.69, 9.17) is 8.37 Å². The fourth-order valence-corrected chi connectivity index (χ4v) is 4.91. The second-order valence-electron chi connectivity index (χ2n) is 6.35. The fourth-order valence-electron chi connectivity index (χ4n) is 2.70. The number of nitro groups is 2. The Bertz CT molecular complexity index is 1520. The lowest BCUT2D eigenvalue weighted by Gasteiger charge is -2.13. The molecule has 0 fully saturated rings. The van der Waals surface area contributed by atoms with E-state index in [1.54, 1.807) is 0 Å². The van der Waals surface area contributed by atoms with Crippen LogP contribution in [-0.4, -0.2) is 33.0 Å². The van der Waals surface area contributed by atoms with E-state index in [0.29, 0.717) is 6.29 Å². The van der Waals surface area contributed by atoms with Crippen molar-refractivity contribution >= 4 is 37.9 Å². The van der Waals surface area contributed by atoms with Gasteiger partial charge in [-0.2, -0.15) is 16.8 Å². The Hall–Kier alpha value is -4.37. The van der Waals surface area contributed by atoms with E-state index in [0.717, 1.165) is 42.5 Å². The molecule has 0 aliphatic heterocycles. The number of hydrogen-bond acceptors (Lipinski definition) is 11. The summed E-state index contributed by atoms with van der Waals surface area (Å²) in [6.45, 7) is 0. The predicted octanol–water partition coefficient (Wildman–Crippen LogP) is 2.85. The zero-order valence-corrected chi connectivity index (χ0v) is 18.3. The molecule has 3 aromatic carbocycles. The van der Waals surface area contributed by atoms with Gasteiger partial charge in [-0.25, -0.2) is 0 Å². The van der Waals surface area contributed by atoms with Crippen molar-refractivity contribution < 1.29 is 39.8 Å². The molecule has 3 rings (SSSR count). The van der Waals surface area contributed by atoms with Crippen molar-refractivity contribution in [1.29, 1.82) is 0 Å². The number of carbonyl (C=O) groups excluding carboxylic acids is 1. The Morgan fingerprint density at radius 3 is 1.56 bits per heavy atom. The van der Waals surface area contributed by atoms with Gasteiger partial charge >= 0.3 is 20.2 Å². The van der Waals surface area contributed by atoms with Crippen molar-refractivity contribution in [2.45, 2.75) is 9.79 Å². The fraction of sp³-hybridized carbons (Fsp3) is 0. The highest BCUT2D eigenvalue weighted by atomic mass is 32.2. The van der Waals surface area contributed by atoms with Crippen LogP contribution in [0.3, 0.4) is 0 Å². The van der Waals surface area contributed by atoms with Gasteiger partial charge in [-0.15, -0.1) is 0 Å². The summed E-state index contributed by atoms with van der Waals surface area (Å²) >= 11 is 0. The van der Waals surface area contributed by atoms with Gasteiger partial charge in [0.05, 0.1) is 9.85 Å². The molecule has 0 aliphatic rings. The minimum Gasteiger partial charge on any atom is -0.375 e. The van der Waals surface area contributed by atoms with Crippen LogP contribution in [0.4, 0.5) is 11.4 Å². The second kappa shape index (κ2) is 9.24. The van der Waals surface area contributed by atoms with E-state index in [1.807, 2.05) is 0 Å². The molecule has 13 nitrogen and oxygen atoms in total. The van der Waals surface area contributed by atoms with E-state index in [-0.39, 0.29) is 5.56 Å². The van der Waals surface area contributed by atoms with E-state index in [9.17, 15) is 41.9 Å². The largest absolute Gasteiger partial charge is 0.375 e. The highest BCUT2D eigenvalue weighted by Crippen LogP contribution is 2.35. The first kappa shape index (κ1) is 24.3. The molecule has 15 heteroatoms. The van der Waals surface area contributed by atoms with Crippen molar-refractivity contribution in [3.63, 3.8) is 0 Å². The smallest absolute Gasteiger partial charge is 0.346 e. The first-order chi connectivity index (χ1) is 16.0. The molecule has 0 spiro atoms. The van der Waals surface area contributed by atoms with Gasteiger partial charge in [-0.05, 0) is 30.3 Å². The summed E-state index contributed by atoms with van der Waals surface area (Å²) < 4.78 is 60.7. The lowest BCUT2D eigenvalue weighted by atomic mass is 10.2. The second-order valence-corrected chi connectivity index (χ2v) is 9.38. The number of rotatable bonds is 9. The molecule has 0 atom stereocenters. The van der Waals surface area contributed by atoms with Crippen molar-refractivity contribution in [3.05, 3.63) is 92.5 Å². The zero-order chi connectivity index (χ0) is 25.1. The Labute approximate surface area is 191 Å². The third-order valence-electron chi connectivity index (χ3n) is 4.17. The molecule has 3 aromatic rings. The summed E-state index contributed by atoms with van der Waals surface area (Å²) in [5.41, 5.74) is -1.77. The lowest BCUT2D eigenvalue weighted by molar-refractivity contribution is -0.388. The van der Waals surface area contributed by atoms with Gasteiger partial charge in [-0.1, -0.05) is 24.3 Å². The predicted molar refractivity (Wildman–Crippen MR) is 114 cm³/mol. The molecular formula is C19H12N2O11S2. The van der Waals surface area contributed by atoms with Gasteiger partial charge in [0.15, 0.2) is 21.3 Å². The molecule has 0 radical (unpaired) electrons. The number of benzene rings is 3. The molecule has 0 unspecified atom stereocenters. The van der Waals surface area contributed by atoms with Crippen LogP contribution in [0.15, 0.2) is 76.5 Å². The van der Waals surface area contributed by atoms with Crippen LogP contribution < -0.4 is 8.37 Å². The molecule has 0 aliphatic carbocycles. The van der Waals surface area contributed by atoms with E-state index >= 15 is 0 Å². The molecule has 0 saturated heterocycles. The molecule has 0 bridgehead atoms. The first-order valence-electron chi connectivity index (χ1n) is 8.91. The van der Waals surface area contributed by atoms with Crippen molar-refractivity contribution in [3.8, 4) is 11.5 Å². The Kier molecular flexibility index (Phi) is 6.60. The number of nitrogens with zero attached hydrogens (tertiary/aromatic N) is 2. The highest BCUT2D eigenvalue weighted by Gasteiger charge is 2.31. The molecule has 0 saturated carbocycles. The van der Waals surface area contributed by atoms with Gasteiger partial charge in [0, 0.05) is 17.7 Å². The van der Waals surface area contributed by atoms with E-state index < -0.39 is 62.7 Å². The molecule has 34 heavy (non-hydrogen) atoms. The molecule has 176 valence electrons. The molecule has 0 amide bonds. The van der Waals surface area contributed by atoms with E-state index in [1.165, 1.54) is 24.3 Å². The summed E-state index contributed by atoms with van der Waals surface area (Å²) in [7, 11) is -9.80. The highest BCUT2D eigenvalue weighted by molar-refractivity contribution is 7.87. The number of carbonyl (C=O) groups is 1. The Morgan fingerprint density at radius 1 is 0.676 bits per heavy atom. The summed E-state index contributed by atoms with van der Waals surface area (Å²) in [6.07, 6.45) is 0.296. The Balaban J connectivity index is 2.09. The summed E-state index contributed by atoms with van der Waals surface area (Å²) in [5, 5.41) is 22.4. The van der Waals surface area contributed by atoms with Crippen molar-refractivity contribution in [2.75, 3.05) is 0 Å². The molecule has 0 aromatic heterocycles. The number of para-hydroxylation sites is 2. The number of nitro benzene ring substituents is 2. The normalized spacial score (nSPS) is 11.4. The van der Waals surface area contributed by atoms with Crippen LogP contribution in [-0.2, 0) is 20.2 Å². The maximum atomic E-state index is 12.7. The van der Waals surface area contributed by atoms with Crippen LogP contribution in [0.5, 0.6) is 11.5 Å². The zero-order valence-electron chi connectivity index (χ0n) is 16.6. The summed E-state index contributed by atoms with van der Waals surface area (Å²) in [6, 6.07) is 11.3. The molecular weight excluding hydrogens is 496 g/mol. The third-order valence-corrected chi connectivity index (χ3v) is 6.73. The number of hydrogen-bond donors (Lipinski definition) is 0. The average Bonchev–Trinajstić information content (AvgIpc) is 2.79. The van der Waals surface area contributed by atoms with Crippen LogP contribution in [0.1, 0.15) is 10.4 Å². The number of aldehydes is 1. The molecule has 0 N–H and O–H groups in total. The van der Waals surface area contributed by atoms with Crippen LogP contribution in [0.2, 0.25) is 0 Å². The van der Waals surface area contributed by atoms with E-state index in [2.05, 4.69) is 0 Å². The quantitative estimate of drug-likeness (QED) is 0.179. The van der Waals surface area contributed by atoms with Gasteiger partial charge in [0.25, 0.3) is 11.4 Å². The van der Waals surface area contributed by atoms with Gasteiger partial charge in [0.1, 0.15) is 6.29 Å². The van der Waals surface area contributed by atoms with Crippen molar-refractivity contribution in [2.24, 2.45) is 0 Å². The van der Waals surface area contributed by atoms with Gasteiger partial charge in [0.2, 0.25) is 0 Å².